The second-order valence-electron chi connectivity index (χ2n) is 5.93. The quantitative estimate of drug-likeness (QED) is 0.521. The number of hydrogen-bond donors (Lipinski definition) is 3. The number of aliphatic hydroxyl groups is 1. The zero-order valence-electron chi connectivity index (χ0n) is 14.8. The van der Waals surface area contributed by atoms with E-state index in [1.54, 1.807) is 29.5 Å². The van der Waals surface area contributed by atoms with Crippen molar-refractivity contribution in [2.75, 3.05) is 13.1 Å². The molecule has 1 heterocycles. The highest BCUT2D eigenvalue weighted by Crippen LogP contribution is 2.18. The van der Waals surface area contributed by atoms with Crippen LogP contribution in [-0.2, 0) is 6.54 Å². The summed E-state index contributed by atoms with van der Waals surface area (Å²) < 4.78 is 13.7. The van der Waals surface area contributed by atoms with Gasteiger partial charge in [-0.25, -0.2) is 14.4 Å². The fraction of sp³-hybridized carbons (Fsp3) is 0.444. The summed E-state index contributed by atoms with van der Waals surface area (Å²) in [7, 11) is 0. The summed E-state index contributed by atoms with van der Waals surface area (Å²) in [4.78, 5) is 9.04. The molecule has 0 saturated heterocycles. The van der Waals surface area contributed by atoms with Crippen LogP contribution in [0.5, 0.6) is 0 Å². The summed E-state index contributed by atoms with van der Waals surface area (Å²) in [5, 5.41) is 19.3. The highest BCUT2D eigenvalue weighted by Gasteiger charge is 2.12. The fourth-order valence-corrected chi connectivity index (χ4v) is 3.08. The lowest BCUT2D eigenvalue weighted by Crippen LogP contribution is -2.39. The van der Waals surface area contributed by atoms with Crippen LogP contribution in [0.1, 0.15) is 49.1 Å². The van der Waals surface area contributed by atoms with E-state index in [1.165, 1.54) is 6.07 Å². The van der Waals surface area contributed by atoms with Crippen LogP contribution < -0.4 is 10.6 Å². The van der Waals surface area contributed by atoms with Gasteiger partial charge in [-0.3, -0.25) is 0 Å². The van der Waals surface area contributed by atoms with Gasteiger partial charge in [0.15, 0.2) is 5.96 Å². The van der Waals surface area contributed by atoms with Crippen molar-refractivity contribution in [2.24, 2.45) is 4.99 Å². The molecule has 0 radical (unpaired) electrons. The fourth-order valence-electron chi connectivity index (χ4n) is 2.20. The zero-order chi connectivity index (χ0) is 18.2. The Bertz CT molecular complexity index is 702. The van der Waals surface area contributed by atoms with Gasteiger partial charge < -0.3 is 15.7 Å². The number of hydrogen-bond acceptors (Lipinski definition) is 4. The third-order valence-electron chi connectivity index (χ3n) is 3.60. The molecular weight excluding hydrogens is 339 g/mol. The number of rotatable bonds is 7. The molecule has 136 valence electrons. The molecule has 25 heavy (non-hydrogen) atoms. The van der Waals surface area contributed by atoms with E-state index in [9.17, 15) is 9.50 Å². The van der Waals surface area contributed by atoms with Crippen LogP contribution in [0, 0.1) is 5.82 Å². The maximum Gasteiger partial charge on any atom is 0.191 e. The summed E-state index contributed by atoms with van der Waals surface area (Å²) >= 11 is 1.59. The largest absolute Gasteiger partial charge is 0.386 e. The van der Waals surface area contributed by atoms with Crippen LogP contribution in [0.25, 0.3) is 0 Å². The Morgan fingerprint density at radius 3 is 2.72 bits per heavy atom. The summed E-state index contributed by atoms with van der Waals surface area (Å²) in [6, 6.07) is 6.22. The molecule has 1 unspecified atom stereocenters. The molecule has 0 saturated carbocycles. The molecule has 1 aromatic carbocycles. The van der Waals surface area contributed by atoms with Gasteiger partial charge in [-0.1, -0.05) is 32.0 Å². The molecule has 7 heteroatoms. The number of aliphatic imine (C=N–C) groups is 1. The lowest BCUT2D eigenvalue weighted by molar-refractivity contribution is 0.176. The van der Waals surface area contributed by atoms with Gasteiger partial charge in [-0.05, 0) is 18.9 Å². The molecule has 2 rings (SSSR count). The van der Waals surface area contributed by atoms with Crippen molar-refractivity contribution in [3.8, 4) is 0 Å². The average Bonchev–Trinajstić information content (AvgIpc) is 3.07. The highest BCUT2D eigenvalue weighted by molar-refractivity contribution is 7.09. The number of aromatic nitrogens is 1. The van der Waals surface area contributed by atoms with Crippen LogP contribution in [0.3, 0.4) is 0 Å². The Morgan fingerprint density at radius 2 is 2.08 bits per heavy atom. The van der Waals surface area contributed by atoms with Gasteiger partial charge in [0.05, 0.1) is 18.3 Å². The molecule has 0 aliphatic carbocycles. The molecule has 0 fully saturated rings. The lowest BCUT2D eigenvalue weighted by atomic mass is 10.1. The topological polar surface area (TPSA) is 69.5 Å². The van der Waals surface area contributed by atoms with Gasteiger partial charge >= 0.3 is 0 Å². The Kier molecular flexibility index (Phi) is 7.33. The van der Waals surface area contributed by atoms with Crippen LogP contribution in [0.4, 0.5) is 4.39 Å². The first-order valence-electron chi connectivity index (χ1n) is 8.40. The van der Waals surface area contributed by atoms with Gasteiger partial charge in [0.1, 0.15) is 10.8 Å². The molecule has 1 aromatic heterocycles. The SMILES string of the molecule is CCNC(=NCc1nc(C(C)C)cs1)NCC(O)c1ccccc1F. The minimum absolute atomic E-state index is 0.169. The van der Waals surface area contributed by atoms with Crippen molar-refractivity contribution < 1.29 is 9.50 Å². The van der Waals surface area contributed by atoms with E-state index >= 15 is 0 Å². The van der Waals surface area contributed by atoms with Crippen molar-refractivity contribution >= 4 is 17.3 Å². The van der Waals surface area contributed by atoms with Crippen LogP contribution in [0.15, 0.2) is 34.6 Å². The van der Waals surface area contributed by atoms with E-state index in [4.69, 9.17) is 0 Å². The monoisotopic (exact) mass is 364 g/mol. The summed E-state index contributed by atoms with van der Waals surface area (Å²) in [6.45, 7) is 7.50. The second-order valence-corrected chi connectivity index (χ2v) is 6.88. The molecule has 5 nitrogen and oxygen atoms in total. The highest BCUT2D eigenvalue weighted by atomic mass is 32.1. The number of thiazole rings is 1. The number of nitrogens with zero attached hydrogens (tertiary/aromatic N) is 2. The molecule has 0 aliphatic rings. The molecular formula is C18H25FN4OS. The molecule has 0 amide bonds. The molecule has 0 bridgehead atoms. The number of aliphatic hydroxyl groups excluding tert-OH is 1. The predicted octanol–water partition coefficient (Wildman–Crippen LogP) is 3.19. The molecule has 0 spiro atoms. The van der Waals surface area contributed by atoms with Crippen molar-refractivity contribution in [1.29, 1.82) is 0 Å². The lowest BCUT2D eigenvalue weighted by Gasteiger charge is -2.15. The first-order valence-corrected chi connectivity index (χ1v) is 9.28. The molecule has 1 atom stereocenters. The van der Waals surface area contributed by atoms with E-state index in [0.717, 1.165) is 10.7 Å². The summed E-state index contributed by atoms with van der Waals surface area (Å²) in [6.07, 6.45) is -0.947. The number of halogens is 1. The average molecular weight is 364 g/mol. The maximum atomic E-state index is 13.7. The Labute approximate surface area is 152 Å². The molecule has 3 N–H and O–H groups in total. The van der Waals surface area contributed by atoms with E-state index in [-0.39, 0.29) is 12.1 Å². The van der Waals surface area contributed by atoms with E-state index in [2.05, 4.69) is 39.8 Å². The van der Waals surface area contributed by atoms with Gasteiger partial charge in [0.2, 0.25) is 0 Å². The van der Waals surface area contributed by atoms with Crippen molar-refractivity contribution in [2.45, 2.75) is 39.3 Å². The van der Waals surface area contributed by atoms with Gasteiger partial charge in [0.25, 0.3) is 0 Å². The van der Waals surface area contributed by atoms with Crippen molar-refractivity contribution in [1.82, 2.24) is 15.6 Å². The van der Waals surface area contributed by atoms with E-state index in [0.29, 0.717) is 25.0 Å². The maximum absolute atomic E-state index is 13.7. The predicted molar refractivity (Wildman–Crippen MR) is 100 cm³/mol. The number of guanidine groups is 1. The molecule has 2 aromatic rings. The van der Waals surface area contributed by atoms with E-state index in [1.807, 2.05) is 6.92 Å². The third-order valence-corrected chi connectivity index (χ3v) is 4.46. The number of nitrogens with one attached hydrogen (secondary N) is 2. The smallest absolute Gasteiger partial charge is 0.191 e. The first kappa shape index (κ1) is 19.3. The van der Waals surface area contributed by atoms with Gasteiger partial charge in [-0.2, -0.15) is 0 Å². The summed E-state index contributed by atoms with van der Waals surface area (Å²) in [5.41, 5.74) is 1.34. The van der Waals surface area contributed by atoms with Crippen LogP contribution in [-0.4, -0.2) is 29.1 Å². The van der Waals surface area contributed by atoms with Gasteiger partial charge in [-0.15, -0.1) is 11.3 Å². The van der Waals surface area contributed by atoms with Crippen molar-refractivity contribution in [3.05, 3.63) is 51.7 Å². The standard InChI is InChI=1S/C18H25FN4OS/c1-4-20-18(22-10-17-23-15(11-25-17)12(2)3)21-9-16(24)13-7-5-6-8-14(13)19/h5-8,11-12,16,24H,4,9-10H2,1-3H3,(H2,20,21,22). The Hall–Kier alpha value is -1.99. The first-order chi connectivity index (χ1) is 12.0. The minimum atomic E-state index is -0.947. The second kappa shape index (κ2) is 9.48. The van der Waals surface area contributed by atoms with Crippen LogP contribution in [0.2, 0.25) is 0 Å². The third kappa shape index (κ3) is 5.79. The van der Waals surface area contributed by atoms with Crippen molar-refractivity contribution in [3.63, 3.8) is 0 Å². The summed E-state index contributed by atoms with van der Waals surface area (Å²) in [5.74, 6) is 0.554. The van der Waals surface area contributed by atoms with Crippen LogP contribution >= 0.6 is 11.3 Å². The molecule has 0 aliphatic heterocycles. The minimum Gasteiger partial charge on any atom is -0.386 e. The normalized spacial score (nSPS) is 13.1. The Balaban J connectivity index is 1.96. The van der Waals surface area contributed by atoms with Gasteiger partial charge in [0, 0.05) is 24.0 Å². The zero-order valence-corrected chi connectivity index (χ0v) is 15.6. The Morgan fingerprint density at radius 1 is 1.32 bits per heavy atom. The number of benzene rings is 1. The van der Waals surface area contributed by atoms with E-state index < -0.39 is 11.9 Å².